The zero-order valence-electron chi connectivity index (χ0n) is 10.8. The number of thioether (sulfide) groups is 1. The summed E-state index contributed by atoms with van der Waals surface area (Å²) >= 11 is 1.01. The number of hydrogen-bond acceptors (Lipinski definition) is 6. The van der Waals surface area contributed by atoms with Crippen molar-refractivity contribution in [2.75, 3.05) is 11.6 Å². The average Bonchev–Trinajstić information content (AvgIpc) is 2.85. The third-order valence-electron chi connectivity index (χ3n) is 2.82. The molecule has 2 aromatic heterocycles. The number of carboxylic acids is 1. The first kappa shape index (κ1) is 13.4. The van der Waals surface area contributed by atoms with E-state index in [1.54, 1.807) is 6.07 Å². The fourth-order valence-corrected chi connectivity index (χ4v) is 2.44. The smallest absolute Gasteiger partial charge is 0.313 e. The second-order valence-corrected chi connectivity index (χ2v) is 5.19. The van der Waals surface area contributed by atoms with E-state index in [4.69, 9.17) is 10.9 Å². The minimum absolute atomic E-state index is 0.125. The van der Waals surface area contributed by atoms with Gasteiger partial charge in [-0.2, -0.15) is 0 Å². The molecule has 21 heavy (non-hydrogen) atoms. The van der Waals surface area contributed by atoms with Crippen molar-refractivity contribution in [3.05, 3.63) is 36.4 Å². The molecule has 3 N–H and O–H groups in total. The topological polar surface area (TPSA) is 107 Å². The van der Waals surface area contributed by atoms with Crippen molar-refractivity contribution in [2.45, 2.75) is 5.16 Å². The van der Waals surface area contributed by atoms with Gasteiger partial charge in [0.25, 0.3) is 0 Å². The first-order chi connectivity index (χ1) is 10.1. The van der Waals surface area contributed by atoms with E-state index in [0.29, 0.717) is 16.7 Å². The number of fused-ring (bicyclic) bond motifs is 1. The van der Waals surface area contributed by atoms with Gasteiger partial charge in [-0.1, -0.05) is 36.0 Å². The first-order valence-corrected chi connectivity index (χ1v) is 7.05. The minimum Gasteiger partial charge on any atom is -0.481 e. The van der Waals surface area contributed by atoms with Crippen LogP contribution in [0.2, 0.25) is 0 Å². The maximum atomic E-state index is 10.6. The summed E-state index contributed by atoms with van der Waals surface area (Å²) in [6.45, 7) is 0. The number of aliphatic carboxylic acids is 1. The van der Waals surface area contributed by atoms with Gasteiger partial charge in [0, 0.05) is 5.39 Å². The summed E-state index contributed by atoms with van der Waals surface area (Å²) in [5, 5.41) is 17.9. The summed E-state index contributed by atoms with van der Waals surface area (Å²) in [7, 11) is 0. The van der Waals surface area contributed by atoms with Crippen LogP contribution < -0.4 is 5.84 Å². The van der Waals surface area contributed by atoms with E-state index >= 15 is 0 Å². The molecule has 1 aromatic carbocycles. The molecule has 0 fully saturated rings. The van der Waals surface area contributed by atoms with Crippen LogP contribution >= 0.6 is 11.8 Å². The predicted octanol–water partition coefficient (Wildman–Crippen LogP) is 1.38. The Labute approximate surface area is 123 Å². The molecule has 3 aromatic rings. The van der Waals surface area contributed by atoms with Crippen LogP contribution in [0.3, 0.4) is 0 Å². The van der Waals surface area contributed by atoms with E-state index in [1.807, 2.05) is 30.3 Å². The van der Waals surface area contributed by atoms with E-state index in [-0.39, 0.29) is 5.75 Å². The molecule has 0 aliphatic carbocycles. The Balaban J connectivity index is 1.97. The third kappa shape index (κ3) is 2.65. The van der Waals surface area contributed by atoms with E-state index in [9.17, 15) is 4.79 Å². The highest BCUT2D eigenvalue weighted by molar-refractivity contribution is 7.99. The Bertz CT molecular complexity index is 817. The summed E-state index contributed by atoms with van der Waals surface area (Å²) < 4.78 is 1.25. The summed E-state index contributed by atoms with van der Waals surface area (Å²) in [6.07, 6.45) is 0. The largest absolute Gasteiger partial charge is 0.481 e. The summed E-state index contributed by atoms with van der Waals surface area (Å²) in [6, 6.07) is 11.4. The van der Waals surface area contributed by atoms with Gasteiger partial charge in [-0.15, -0.1) is 10.2 Å². The lowest BCUT2D eigenvalue weighted by atomic mass is 10.2. The van der Waals surface area contributed by atoms with Crippen molar-refractivity contribution in [1.82, 2.24) is 19.9 Å². The molecule has 0 saturated heterocycles. The molecule has 0 spiro atoms. The molecule has 0 bridgehead atoms. The lowest BCUT2D eigenvalue weighted by molar-refractivity contribution is -0.133. The van der Waals surface area contributed by atoms with Gasteiger partial charge >= 0.3 is 5.97 Å². The van der Waals surface area contributed by atoms with Crippen molar-refractivity contribution in [1.29, 1.82) is 0 Å². The zero-order chi connectivity index (χ0) is 14.8. The van der Waals surface area contributed by atoms with Gasteiger partial charge < -0.3 is 10.9 Å². The Morgan fingerprint density at radius 3 is 2.86 bits per heavy atom. The molecule has 0 aliphatic rings. The monoisotopic (exact) mass is 301 g/mol. The molecular formula is C13H11N5O2S. The number of pyridine rings is 1. The first-order valence-electron chi connectivity index (χ1n) is 6.06. The number of para-hydroxylation sites is 1. The standard InChI is InChI=1S/C13H11N5O2S/c14-18-12(16-17-13(18)21-7-11(19)20)10-6-5-8-3-1-2-4-9(8)15-10/h1-6H,7,14H2,(H,19,20). The predicted molar refractivity (Wildman–Crippen MR) is 79.3 cm³/mol. The maximum absolute atomic E-state index is 10.6. The number of nitrogens with two attached hydrogens (primary N) is 1. The van der Waals surface area contributed by atoms with Gasteiger partial charge in [0.1, 0.15) is 5.69 Å². The second kappa shape index (κ2) is 5.41. The van der Waals surface area contributed by atoms with Crippen LogP contribution in [0.15, 0.2) is 41.6 Å². The van der Waals surface area contributed by atoms with Crippen molar-refractivity contribution in [3.8, 4) is 11.5 Å². The van der Waals surface area contributed by atoms with Crippen LogP contribution in [0.25, 0.3) is 22.4 Å². The molecule has 0 aliphatic heterocycles. The quantitative estimate of drug-likeness (QED) is 0.553. The normalized spacial score (nSPS) is 10.9. The van der Waals surface area contributed by atoms with E-state index < -0.39 is 5.97 Å². The summed E-state index contributed by atoms with van der Waals surface area (Å²) in [5.41, 5.74) is 1.42. The molecule has 0 amide bonds. The minimum atomic E-state index is -0.937. The molecule has 106 valence electrons. The van der Waals surface area contributed by atoms with Crippen LogP contribution in [0.4, 0.5) is 0 Å². The second-order valence-electron chi connectivity index (χ2n) is 4.25. The van der Waals surface area contributed by atoms with Crippen molar-refractivity contribution in [3.63, 3.8) is 0 Å². The average molecular weight is 301 g/mol. The number of aromatic nitrogens is 4. The van der Waals surface area contributed by atoms with Crippen LogP contribution in [0.5, 0.6) is 0 Å². The zero-order valence-corrected chi connectivity index (χ0v) is 11.6. The Morgan fingerprint density at radius 1 is 1.24 bits per heavy atom. The SMILES string of the molecule is Nn1c(SCC(=O)O)nnc1-c1ccc2ccccc2n1. The molecule has 0 atom stereocenters. The van der Waals surface area contributed by atoms with Gasteiger partial charge in [-0.05, 0) is 12.1 Å². The highest BCUT2D eigenvalue weighted by Gasteiger charge is 2.14. The highest BCUT2D eigenvalue weighted by atomic mass is 32.2. The number of carboxylic acid groups (broad SMARTS) is 1. The molecule has 0 unspecified atom stereocenters. The third-order valence-corrected chi connectivity index (χ3v) is 3.74. The highest BCUT2D eigenvalue weighted by Crippen LogP contribution is 2.22. The number of nitrogen functional groups attached to an aromatic ring is 1. The fraction of sp³-hybridized carbons (Fsp3) is 0.0769. The van der Waals surface area contributed by atoms with Gasteiger partial charge in [0.05, 0.1) is 11.3 Å². The molecular weight excluding hydrogens is 290 g/mol. The summed E-state index contributed by atoms with van der Waals surface area (Å²) in [5.74, 6) is 5.24. The number of nitrogens with zero attached hydrogens (tertiary/aromatic N) is 4. The number of carbonyl (C=O) groups is 1. The number of rotatable bonds is 4. The van der Waals surface area contributed by atoms with E-state index in [0.717, 1.165) is 22.7 Å². The molecule has 3 rings (SSSR count). The van der Waals surface area contributed by atoms with Crippen molar-refractivity contribution >= 4 is 28.6 Å². The number of hydrogen-bond donors (Lipinski definition) is 2. The Morgan fingerprint density at radius 2 is 2.05 bits per heavy atom. The Kier molecular flexibility index (Phi) is 3.44. The number of benzene rings is 1. The van der Waals surface area contributed by atoms with Crippen LogP contribution in [0.1, 0.15) is 0 Å². The van der Waals surface area contributed by atoms with Crippen molar-refractivity contribution < 1.29 is 9.90 Å². The van der Waals surface area contributed by atoms with Crippen molar-refractivity contribution in [2.24, 2.45) is 0 Å². The summed E-state index contributed by atoms with van der Waals surface area (Å²) in [4.78, 5) is 15.1. The molecule has 0 radical (unpaired) electrons. The van der Waals surface area contributed by atoms with Crippen LogP contribution in [-0.2, 0) is 4.79 Å². The fourth-order valence-electron chi connectivity index (χ4n) is 1.87. The lowest BCUT2D eigenvalue weighted by Gasteiger charge is -2.03. The molecule has 2 heterocycles. The van der Waals surface area contributed by atoms with Gasteiger partial charge in [-0.25, -0.2) is 9.66 Å². The Hall–Kier alpha value is -2.61. The maximum Gasteiger partial charge on any atom is 0.313 e. The van der Waals surface area contributed by atoms with Gasteiger partial charge in [0.15, 0.2) is 0 Å². The van der Waals surface area contributed by atoms with Gasteiger partial charge in [-0.3, -0.25) is 4.79 Å². The van der Waals surface area contributed by atoms with Gasteiger partial charge in [0.2, 0.25) is 11.0 Å². The van der Waals surface area contributed by atoms with E-state index in [1.165, 1.54) is 4.68 Å². The molecule has 7 nitrogen and oxygen atoms in total. The lowest BCUT2D eigenvalue weighted by Crippen LogP contribution is -2.13. The molecule has 8 heteroatoms. The van der Waals surface area contributed by atoms with E-state index in [2.05, 4.69) is 15.2 Å². The van der Waals surface area contributed by atoms with Crippen LogP contribution in [-0.4, -0.2) is 36.7 Å². The molecule has 0 saturated carbocycles. The van der Waals surface area contributed by atoms with Crippen LogP contribution in [0, 0.1) is 0 Å².